The monoisotopic (exact) mass is 201 g/mol. The second kappa shape index (κ2) is 5.53. The Morgan fingerprint density at radius 2 is 2.23 bits per heavy atom. The van der Waals surface area contributed by atoms with Gasteiger partial charge in [0.15, 0.2) is 0 Å². The van der Waals surface area contributed by atoms with Gasteiger partial charge in [-0.05, 0) is 25.0 Å². The molecule has 0 spiro atoms. The number of thiol groups is 1. The molecule has 1 saturated carbocycles. The lowest BCUT2D eigenvalue weighted by Crippen LogP contribution is -2.34. The number of nitrogens with zero attached hydrogens (tertiary/aromatic N) is 1. The molecule has 1 fully saturated rings. The predicted molar refractivity (Wildman–Crippen MR) is 58.1 cm³/mol. The molecule has 0 N–H and O–H groups in total. The average molecular weight is 201 g/mol. The molecule has 0 atom stereocenters. The van der Waals surface area contributed by atoms with E-state index in [1.54, 1.807) is 0 Å². The van der Waals surface area contributed by atoms with Gasteiger partial charge in [0.1, 0.15) is 0 Å². The summed E-state index contributed by atoms with van der Waals surface area (Å²) in [4.78, 5) is 13.7. The van der Waals surface area contributed by atoms with Gasteiger partial charge in [0, 0.05) is 19.0 Å². The van der Waals surface area contributed by atoms with Crippen molar-refractivity contribution in [3.8, 4) is 0 Å². The van der Waals surface area contributed by atoms with Crippen LogP contribution in [0.25, 0.3) is 0 Å². The van der Waals surface area contributed by atoms with Gasteiger partial charge in [-0.1, -0.05) is 13.3 Å². The standard InChI is InChI=1S/C10H19NOS/c1-2-3-7-11(9-4-5-9)10(12)6-8-13/h9,13H,2-8H2,1H3. The Bertz CT molecular complexity index is 168. The van der Waals surface area contributed by atoms with Gasteiger partial charge in [0.25, 0.3) is 0 Å². The van der Waals surface area contributed by atoms with Crippen LogP contribution < -0.4 is 0 Å². The highest BCUT2D eigenvalue weighted by atomic mass is 32.1. The van der Waals surface area contributed by atoms with Crippen LogP contribution in [0.3, 0.4) is 0 Å². The number of hydrogen-bond donors (Lipinski definition) is 1. The van der Waals surface area contributed by atoms with E-state index in [2.05, 4.69) is 24.5 Å². The zero-order valence-corrected chi connectivity index (χ0v) is 9.22. The molecular weight excluding hydrogens is 182 g/mol. The Morgan fingerprint density at radius 1 is 1.54 bits per heavy atom. The molecule has 0 bridgehead atoms. The first kappa shape index (κ1) is 10.9. The lowest BCUT2D eigenvalue weighted by atomic mass is 10.3. The van der Waals surface area contributed by atoms with E-state index in [9.17, 15) is 4.79 Å². The van der Waals surface area contributed by atoms with E-state index in [0.29, 0.717) is 24.1 Å². The van der Waals surface area contributed by atoms with Gasteiger partial charge in [0.05, 0.1) is 0 Å². The fraction of sp³-hybridized carbons (Fsp3) is 0.900. The van der Waals surface area contributed by atoms with Gasteiger partial charge in [-0.3, -0.25) is 4.79 Å². The molecule has 2 nitrogen and oxygen atoms in total. The maximum Gasteiger partial charge on any atom is 0.223 e. The van der Waals surface area contributed by atoms with Crippen molar-refractivity contribution in [2.24, 2.45) is 0 Å². The first-order valence-electron chi connectivity index (χ1n) is 5.20. The van der Waals surface area contributed by atoms with Crippen LogP contribution in [0.4, 0.5) is 0 Å². The zero-order chi connectivity index (χ0) is 9.68. The van der Waals surface area contributed by atoms with Crippen LogP contribution in [0.5, 0.6) is 0 Å². The minimum Gasteiger partial charge on any atom is -0.340 e. The summed E-state index contributed by atoms with van der Waals surface area (Å²) in [6.45, 7) is 3.11. The number of carbonyl (C=O) groups is 1. The van der Waals surface area contributed by atoms with E-state index in [4.69, 9.17) is 0 Å². The van der Waals surface area contributed by atoms with Crippen molar-refractivity contribution in [1.29, 1.82) is 0 Å². The van der Waals surface area contributed by atoms with E-state index in [0.717, 1.165) is 19.4 Å². The summed E-state index contributed by atoms with van der Waals surface area (Å²) in [6.07, 6.45) is 5.32. The quantitative estimate of drug-likeness (QED) is 0.653. The predicted octanol–water partition coefficient (Wildman–Crippen LogP) is 2.10. The van der Waals surface area contributed by atoms with E-state index < -0.39 is 0 Å². The van der Waals surface area contributed by atoms with Crippen LogP contribution in [-0.2, 0) is 4.79 Å². The van der Waals surface area contributed by atoms with Gasteiger partial charge in [-0.15, -0.1) is 0 Å². The number of unbranched alkanes of at least 4 members (excludes halogenated alkanes) is 1. The van der Waals surface area contributed by atoms with Crippen LogP contribution in [-0.4, -0.2) is 29.1 Å². The first-order chi connectivity index (χ1) is 6.29. The molecule has 0 aromatic carbocycles. The molecule has 13 heavy (non-hydrogen) atoms. The minimum atomic E-state index is 0.297. The highest BCUT2D eigenvalue weighted by Gasteiger charge is 2.31. The van der Waals surface area contributed by atoms with E-state index in [-0.39, 0.29) is 0 Å². The third-order valence-electron chi connectivity index (χ3n) is 2.39. The normalized spacial score (nSPS) is 15.8. The summed E-state index contributed by atoms with van der Waals surface area (Å²) in [7, 11) is 0. The number of hydrogen-bond acceptors (Lipinski definition) is 2. The van der Waals surface area contributed by atoms with Crippen molar-refractivity contribution in [3.05, 3.63) is 0 Å². The largest absolute Gasteiger partial charge is 0.340 e. The van der Waals surface area contributed by atoms with Crippen molar-refractivity contribution in [2.75, 3.05) is 12.3 Å². The molecule has 0 unspecified atom stereocenters. The SMILES string of the molecule is CCCCN(C(=O)CCS)C1CC1. The second-order valence-corrected chi connectivity index (χ2v) is 4.09. The highest BCUT2D eigenvalue weighted by Crippen LogP contribution is 2.27. The van der Waals surface area contributed by atoms with E-state index >= 15 is 0 Å². The first-order valence-corrected chi connectivity index (χ1v) is 5.83. The van der Waals surface area contributed by atoms with Crippen molar-refractivity contribution >= 4 is 18.5 Å². The Balaban J connectivity index is 2.32. The third-order valence-corrected chi connectivity index (χ3v) is 2.61. The molecule has 0 aliphatic heterocycles. The smallest absolute Gasteiger partial charge is 0.223 e. The van der Waals surface area contributed by atoms with Gasteiger partial charge >= 0.3 is 0 Å². The molecule has 0 aromatic heterocycles. The fourth-order valence-corrected chi connectivity index (χ4v) is 1.66. The molecule has 3 heteroatoms. The Labute approximate surface area is 86.1 Å². The zero-order valence-electron chi connectivity index (χ0n) is 8.33. The van der Waals surface area contributed by atoms with Crippen molar-refractivity contribution in [1.82, 2.24) is 4.90 Å². The molecule has 0 heterocycles. The minimum absolute atomic E-state index is 0.297. The summed E-state index contributed by atoms with van der Waals surface area (Å²) < 4.78 is 0. The van der Waals surface area contributed by atoms with Crippen molar-refractivity contribution in [3.63, 3.8) is 0 Å². The van der Waals surface area contributed by atoms with Crippen LogP contribution in [0.15, 0.2) is 0 Å². The summed E-state index contributed by atoms with van der Waals surface area (Å²) in [5.41, 5.74) is 0. The van der Waals surface area contributed by atoms with Gasteiger partial charge in [-0.2, -0.15) is 12.6 Å². The molecule has 1 aliphatic carbocycles. The molecule has 76 valence electrons. The highest BCUT2D eigenvalue weighted by molar-refractivity contribution is 7.80. The lowest BCUT2D eigenvalue weighted by molar-refractivity contribution is -0.131. The molecule has 0 aromatic rings. The number of rotatable bonds is 6. The summed E-state index contributed by atoms with van der Waals surface area (Å²) in [5, 5.41) is 0. The number of amides is 1. The maximum atomic E-state index is 11.6. The number of carbonyl (C=O) groups excluding carboxylic acids is 1. The molecule has 0 radical (unpaired) electrons. The van der Waals surface area contributed by atoms with Gasteiger partial charge < -0.3 is 4.90 Å². The second-order valence-electron chi connectivity index (χ2n) is 3.65. The van der Waals surface area contributed by atoms with Crippen LogP contribution in [0, 0.1) is 0 Å². The van der Waals surface area contributed by atoms with E-state index in [1.807, 2.05) is 0 Å². The molecule has 1 aliphatic rings. The van der Waals surface area contributed by atoms with Crippen LogP contribution in [0.1, 0.15) is 39.0 Å². The van der Waals surface area contributed by atoms with Gasteiger partial charge in [0.2, 0.25) is 5.91 Å². The molecule has 0 saturated heterocycles. The molecular formula is C10H19NOS. The maximum absolute atomic E-state index is 11.6. The molecule has 1 amide bonds. The Kier molecular flexibility index (Phi) is 4.64. The van der Waals surface area contributed by atoms with Crippen LogP contribution in [0.2, 0.25) is 0 Å². The van der Waals surface area contributed by atoms with Gasteiger partial charge in [-0.25, -0.2) is 0 Å². The fourth-order valence-electron chi connectivity index (χ4n) is 1.46. The molecule has 1 rings (SSSR count). The van der Waals surface area contributed by atoms with Crippen molar-refractivity contribution < 1.29 is 4.79 Å². The average Bonchev–Trinajstić information content (AvgIpc) is 2.89. The summed E-state index contributed by atoms with van der Waals surface area (Å²) in [6, 6.07) is 0.568. The summed E-state index contributed by atoms with van der Waals surface area (Å²) in [5.74, 6) is 0.972. The lowest BCUT2D eigenvalue weighted by Gasteiger charge is -2.21. The van der Waals surface area contributed by atoms with Crippen molar-refractivity contribution in [2.45, 2.75) is 45.1 Å². The van der Waals surface area contributed by atoms with E-state index in [1.165, 1.54) is 12.8 Å². The topological polar surface area (TPSA) is 20.3 Å². The summed E-state index contributed by atoms with van der Waals surface area (Å²) >= 11 is 4.09. The van der Waals surface area contributed by atoms with Crippen LogP contribution >= 0.6 is 12.6 Å². The third kappa shape index (κ3) is 3.59. The Hall–Kier alpha value is -0.180. The Morgan fingerprint density at radius 3 is 2.69 bits per heavy atom.